The third-order valence-electron chi connectivity index (χ3n) is 18.8. The van der Waals surface area contributed by atoms with Gasteiger partial charge >= 0.3 is 11.9 Å². The smallest absolute Gasteiger partial charge is 0.335 e. The summed E-state index contributed by atoms with van der Waals surface area (Å²) in [7, 11) is 0. The Morgan fingerprint density at radius 3 is 2.03 bits per heavy atom. The number of hydrogen-bond acceptors (Lipinski definition) is 16. The number of aliphatic carboxylic acids is 1. The Balaban J connectivity index is 1.22. The number of fused-ring (bicyclic) bond motifs is 7. The molecule has 4 saturated carbocycles. The van der Waals surface area contributed by atoms with E-state index in [1.165, 1.54) is 19.9 Å². The molecule has 0 spiro atoms. The van der Waals surface area contributed by atoms with Gasteiger partial charge in [-0.05, 0) is 106 Å². The number of carboxylic acids is 1. The largest absolute Gasteiger partial charge is 0.479 e. The molecule has 374 valence electrons. The minimum Gasteiger partial charge on any atom is -0.479 e. The van der Waals surface area contributed by atoms with E-state index >= 15 is 0 Å². The molecular weight excluding hydrogens is 861 g/mol. The van der Waals surface area contributed by atoms with Gasteiger partial charge in [0, 0.05) is 11.5 Å². The van der Waals surface area contributed by atoms with Crippen molar-refractivity contribution >= 4 is 17.7 Å². The number of carboxylic acid groups (broad SMARTS) is 1. The molecule has 0 aromatic carbocycles. The minimum absolute atomic E-state index is 0.0268. The highest BCUT2D eigenvalue weighted by Crippen LogP contribution is 2.76. The standard InChI is InChI=1S/C49H76O17/c1-21(2)18-29(52)64-40-30(22(3)51)44(5,6)19-25-24-12-13-27-46(9)16-15-28(45(7,8)26(46)14-17-47(27,10)48(24,11)38(58)39(59)49(25,40)20-50)63-43-37(34(56)33(55)36(65-43)41(60)61)66-42-35(57)32(54)31(53)23(4)62-42/h12,18,23,25-28,30-40,42-43,50,53-59H,13-17,19-20H2,1-11H3,(H,60,61)/t23-,25-,26-,27+,28-,30-,31-,32+,33-,34-,35+,36-,37+,38-,39+,40-,42-,43+,46-,47+,48-,49-/m0/s1. The highest BCUT2D eigenvalue weighted by Gasteiger charge is 2.76. The van der Waals surface area contributed by atoms with Gasteiger partial charge in [0.2, 0.25) is 0 Å². The topological polar surface area (TPSA) is 279 Å². The van der Waals surface area contributed by atoms with Gasteiger partial charge in [0.1, 0.15) is 48.5 Å². The third kappa shape index (κ3) is 7.51. The molecule has 22 atom stereocenters. The van der Waals surface area contributed by atoms with Crippen molar-refractivity contribution in [1.29, 1.82) is 0 Å². The average Bonchev–Trinajstić information content (AvgIpc) is 3.21. The summed E-state index contributed by atoms with van der Waals surface area (Å²) in [6, 6.07) is 0. The maximum Gasteiger partial charge on any atom is 0.335 e. The average molecular weight is 937 g/mol. The molecule has 2 saturated heterocycles. The van der Waals surface area contributed by atoms with E-state index in [1.54, 1.807) is 13.8 Å². The molecular formula is C49H76O17. The summed E-state index contributed by atoms with van der Waals surface area (Å²) in [4.78, 5) is 39.3. The first-order chi connectivity index (χ1) is 30.5. The summed E-state index contributed by atoms with van der Waals surface area (Å²) >= 11 is 0. The van der Waals surface area contributed by atoms with Gasteiger partial charge in [-0.15, -0.1) is 0 Å². The van der Waals surface area contributed by atoms with Crippen molar-refractivity contribution in [1.82, 2.24) is 0 Å². The molecule has 5 aliphatic carbocycles. The summed E-state index contributed by atoms with van der Waals surface area (Å²) < 4.78 is 30.3. The van der Waals surface area contributed by atoms with Crippen molar-refractivity contribution in [2.75, 3.05) is 6.61 Å². The lowest BCUT2D eigenvalue weighted by atomic mass is 9.32. The van der Waals surface area contributed by atoms with Crippen LogP contribution in [0.3, 0.4) is 0 Å². The van der Waals surface area contributed by atoms with E-state index in [1.807, 2.05) is 20.8 Å². The number of ether oxygens (including phenoxy) is 5. The monoisotopic (exact) mass is 937 g/mol. The molecule has 0 aromatic heterocycles. The second-order valence-electron chi connectivity index (χ2n) is 23.2. The molecule has 0 unspecified atom stereocenters. The van der Waals surface area contributed by atoms with Crippen molar-refractivity contribution in [3.8, 4) is 0 Å². The number of allylic oxidation sites excluding steroid dienone is 2. The molecule has 7 rings (SSSR count). The van der Waals surface area contributed by atoms with Gasteiger partial charge in [0.25, 0.3) is 0 Å². The summed E-state index contributed by atoms with van der Waals surface area (Å²) in [6.45, 7) is 20.3. The van der Waals surface area contributed by atoms with Crippen LogP contribution in [0, 0.1) is 56.2 Å². The molecule has 9 N–H and O–H groups in total. The Hall–Kier alpha value is -2.39. The first-order valence-electron chi connectivity index (χ1n) is 23.8. The summed E-state index contributed by atoms with van der Waals surface area (Å²) in [5, 5.41) is 101. The van der Waals surface area contributed by atoms with E-state index in [0.717, 1.165) is 5.57 Å². The van der Waals surface area contributed by atoms with E-state index in [9.17, 15) is 60.3 Å². The zero-order valence-corrected chi connectivity index (χ0v) is 40.3. The van der Waals surface area contributed by atoms with E-state index in [-0.39, 0.29) is 23.0 Å². The van der Waals surface area contributed by atoms with Crippen LogP contribution in [0.1, 0.15) is 115 Å². The normalized spacial score (nSPS) is 50.6. The molecule has 17 heteroatoms. The first kappa shape index (κ1) is 51.5. The molecule has 7 aliphatic rings. The lowest BCUT2D eigenvalue weighted by molar-refractivity contribution is -0.372. The fraction of sp³-hybridized carbons (Fsp3) is 0.857. The van der Waals surface area contributed by atoms with Crippen LogP contribution in [0.15, 0.2) is 23.3 Å². The van der Waals surface area contributed by atoms with E-state index in [2.05, 4.69) is 33.8 Å². The van der Waals surface area contributed by atoms with Crippen molar-refractivity contribution in [2.24, 2.45) is 56.2 Å². The number of carbonyl (C=O) groups is 3. The Bertz CT molecular complexity index is 1950. The molecule has 0 aromatic rings. The number of aliphatic hydroxyl groups is 8. The molecule has 66 heavy (non-hydrogen) atoms. The molecule has 2 heterocycles. The van der Waals surface area contributed by atoms with Gasteiger partial charge in [-0.3, -0.25) is 4.79 Å². The van der Waals surface area contributed by atoms with E-state index < -0.39 is 143 Å². The molecule has 0 bridgehead atoms. The second kappa shape index (κ2) is 17.5. The van der Waals surface area contributed by atoms with Crippen molar-refractivity contribution in [3.05, 3.63) is 23.3 Å². The lowest BCUT2D eigenvalue weighted by Gasteiger charge is -2.73. The molecule has 0 radical (unpaired) electrons. The fourth-order valence-corrected chi connectivity index (χ4v) is 15.2. The van der Waals surface area contributed by atoms with Crippen LogP contribution in [0.25, 0.3) is 0 Å². The molecule has 6 fully saturated rings. The maximum atomic E-state index is 13.6. The second-order valence-corrected chi connectivity index (χ2v) is 23.2. The third-order valence-corrected chi connectivity index (χ3v) is 18.8. The van der Waals surface area contributed by atoms with Crippen molar-refractivity contribution in [2.45, 2.75) is 201 Å². The SMILES string of the molecule is CC(=O)[C@H]1[C@H](OC(=O)C=C(C)C)[C@]2(CO)[C@H](O)[C@H](O)[C@]3(C)C(=CC[C@@H]4[C@@]5(C)CC[C@H](O[C@@H]6O[C@H](C(=O)O)[C@@H](O)[C@H](O)[C@H]6O[C@@H]6O[C@@H](C)[C@H](O)[C@@H](O)[C@H]6O)C(C)(C)[C@@H]5CC[C@]43C)[C@@H]2CC1(C)C. The number of esters is 1. The zero-order valence-electron chi connectivity index (χ0n) is 40.3. The summed E-state index contributed by atoms with van der Waals surface area (Å²) in [5.41, 5.74) is -3.41. The van der Waals surface area contributed by atoms with Crippen LogP contribution < -0.4 is 0 Å². The van der Waals surface area contributed by atoms with E-state index in [4.69, 9.17) is 23.7 Å². The van der Waals surface area contributed by atoms with E-state index in [0.29, 0.717) is 44.1 Å². The van der Waals surface area contributed by atoms with Gasteiger partial charge in [-0.2, -0.15) is 0 Å². The number of aliphatic hydroxyl groups excluding tert-OH is 8. The van der Waals surface area contributed by atoms with Crippen LogP contribution in [-0.4, -0.2) is 156 Å². The Kier molecular flexibility index (Phi) is 13.6. The van der Waals surface area contributed by atoms with Crippen molar-refractivity contribution in [3.63, 3.8) is 0 Å². The van der Waals surface area contributed by atoms with Gasteiger partial charge in [-0.1, -0.05) is 65.7 Å². The highest BCUT2D eigenvalue weighted by atomic mass is 16.8. The molecule has 0 amide bonds. The quantitative estimate of drug-likeness (QED) is 0.0693. The highest BCUT2D eigenvalue weighted by molar-refractivity contribution is 5.84. The predicted octanol–water partition coefficient (Wildman–Crippen LogP) is 2.15. The van der Waals surface area contributed by atoms with Crippen LogP contribution in [0.5, 0.6) is 0 Å². The fourth-order valence-electron chi connectivity index (χ4n) is 15.2. The maximum absolute atomic E-state index is 13.6. The summed E-state index contributed by atoms with van der Waals surface area (Å²) in [5.74, 6) is -3.98. The number of ketones is 1. The molecule has 17 nitrogen and oxygen atoms in total. The van der Waals surface area contributed by atoms with Gasteiger partial charge < -0.3 is 69.6 Å². The van der Waals surface area contributed by atoms with Crippen molar-refractivity contribution < 1.29 is 84.0 Å². The molecule has 2 aliphatic heterocycles. The van der Waals surface area contributed by atoms with Gasteiger partial charge in [0.05, 0.1) is 42.4 Å². The Labute approximate surface area is 387 Å². The first-order valence-corrected chi connectivity index (χ1v) is 23.8. The van der Waals surface area contributed by atoms with Crippen LogP contribution in [0.2, 0.25) is 0 Å². The lowest BCUT2D eigenvalue weighted by Crippen LogP contribution is -2.76. The minimum atomic E-state index is -1.96. The van der Waals surface area contributed by atoms with Crippen LogP contribution in [0.4, 0.5) is 0 Å². The number of Topliss-reactive ketones (excluding diaryl/α,β-unsaturated/α-hetero) is 1. The zero-order chi connectivity index (χ0) is 49.2. The summed E-state index contributed by atoms with van der Waals surface area (Å²) in [6.07, 6.45) is -14.4. The number of rotatable bonds is 9. The van der Waals surface area contributed by atoms with Crippen LogP contribution in [-0.2, 0) is 38.1 Å². The van der Waals surface area contributed by atoms with Gasteiger partial charge in [0.15, 0.2) is 18.7 Å². The van der Waals surface area contributed by atoms with Crippen LogP contribution >= 0.6 is 0 Å². The van der Waals surface area contributed by atoms with Gasteiger partial charge in [-0.25, -0.2) is 9.59 Å². The number of carbonyl (C=O) groups excluding carboxylic acids is 2. The Morgan fingerprint density at radius 1 is 0.788 bits per heavy atom. The number of hydrogen-bond donors (Lipinski definition) is 9. The Morgan fingerprint density at radius 2 is 1.44 bits per heavy atom. The predicted molar refractivity (Wildman–Crippen MR) is 234 cm³/mol.